The van der Waals surface area contributed by atoms with E-state index < -0.39 is 6.10 Å². The summed E-state index contributed by atoms with van der Waals surface area (Å²) in [5.74, 6) is 0.554. The SMILES string of the molecule is O=C(Nc1ccc(CCNC[C@H](O)c2ccc(OCc3ccccc3)c3[nH]c(=O)ccc23)cc1)NC(c1ccccc1)c1ccccc1. The molecule has 0 aliphatic rings. The second-order valence-electron chi connectivity index (χ2n) is 11.6. The molecule has 1 heterocycles. The third kappa shape index (κ3) is 8.36. The second-order valence-corrected chi connectivity index (χ2v) is 11.6. The molecule has 0 aliphatic heterocycles. The fourth-order valence-electron chi connectivity index (χ4n) is 5.68. The van der Waals surface area contributed by atoms with Crippen LogP contribution in [0.2, 0.25) is 0 Å². The summed E-state index contributed by atoms with van der Waals surface area (Å²) < 4.78 is 6.03. The van der Waals surface area contributed by atoms with Crippen LogP contribution in [-0.2, 0) is 13.0 Å². The number of aliphatic hydroxyl groups is 1. The standard InChI is InChI=1S/C40H38N4O4/c45-35(33-20-22-36(39-34(33)21-23-37(46)43-39)48-27-29-10-4-1-5-11-29)26-41-25-24-28-16-18-32(19-17-28)42-40(47)44-38(30-12-6-2-7-13-30)31-14-8-3-9-15-31/h1-23,35,38,41,45H,24-27H2,(H,43,46)(H2,42,44,47)/t35-/m0/s1. The number of aliphatic hydroxyl groups excluding tert-OH is 1. The second kappa shape index (κ2) is 15.7. The number of anilines is 1. The van der Waals surface area contributed by atoms with E-state index in [2.05, 4.69) is 20.9 Å². The minimum Gasteiger partial charge on any atom is -0.487 e. The summed E-state index contributed by atoms with van der Waals surface area (Å²) in [5.41, 5.74) is 5.84. The molecular weight excluding hydrogens is 600 g/mol. The van der Waals surface area contributed by atoms with Gasteiger partial charge in [-0.25, -0.2) is 4.79 Å². The Kier molecular flexibility index (Phi) is 10.6. The minimum absolute atomic E-state index is 0.234. The summed E-state index contributed by atoms with van der Waals surface area (Å²) in [6, 6.07) is 43.6. The van der Waals surface area contributed by atoms with Crippen molar-refractivity contribution in [2.75, 3.05) is 18.4 Å². The normalized spacial score (nSPS) is 11.7. The predicted molar refractivity (Wildman–Crippen MR) is 190 cm³/mol. The monoisotopic (exact) mass is 638 g/mol. The van der Waals surface area contributed by atoms with Gasteiger partial charge in [-0.1, -0.05) is 109 Å². The number of rotatable bonds is 13. The number of carbonyl (C=O) groups is 1. The Morgan fingerprint density at radius 2 is 1.38 bits per heavy atom. The molecule has 6 rings (SSSR count). The van der Waals surface area contributed by atoms with E-state index in [1.165, 1.54) is 6.07 Å². The minimum atomic E-state index is -0.790. The zero-order valence-electron chi connectivity index (χ0n) is 26.4. The van der Waals surface area contributed by atoms with E-state index in [-0.39, 0.29) is 17.6 Å². The fourth-order valence-corrected chi connectivity index (χ4v) is 5.68. The molecule has 0 radical (unpaired) electrons. The number of pyridine rings is 1. The van der Waals surface area contributed by atoms with Crippen molar-refractivity contribution in [3.05, 3.63) is 178 Å². The van der Waals surface area contributed by atoms with Gasteiger partial charge in [0.15, 0.2) is 0 Å². The Morgan fingerprint density at radius 3 is 2.04 bits per heavy atom. The first kappa shape index (κ1) is 32.2. The number of nitrogens with one attached hydrogen (secondary N) is 4. The van der Waals surface area contributed by atoms with Gasteiger partial charge in [0, 0.05) is 23.7 Å². The zero-order chi connectivity index (χ0) is 33.1. The molecule has 1 aromatic heterocycles. The van der Waals surface area contributed by atoms with Crippen molar-refractivity contribution in [1.82, 2.24) is 15.6 Å². The number of carbonyl (C=O) groups excluding carboxylic acids is 1. The van der Waals surface area contributed by atoms with Gasteiger partial charge in [0.05, 0.1) is 17.7 Å². The quantitative estimate of drug-likeness (QED) is 0.0885. The molecule has 0 unspecified atom stereocenters. The molecule has 5 aromatic carbocycles. The van der Waals surface area contributed by atoms with Crippen LogP contribution in [0.4, 0.5) is 10.5 Å². The van der Waals surface area contributed by atoms with Gasteiger partial charge in [-0.3, -0.25) is 4.79 Å². The molecule has 48 heavy (non-hydrogen) atoms. The van der Waals surface area contributed by atoms with Gasteiger partial charge in [-0.05, 0) is 65.0 Å². The summed E-state index contributed by atoms with van der Waals surface area (Å²) in [7, 11) is 0. The van der Waals surface area contributed by atoms with E-state index >= 15 is 0 Å². The van der Waals surface area contributed by atoms with E-state index in [4.69, 9.17) is 4.74 Å². The maximum Gasteiger partial charge on any atom is 0.319 e. The van der Waals surface area contributed by atoms with E-state index in [1.54, 1.807) is 12.1 Å². The van der Waals surface area contributed by atoms with Crippen LogP contribution in [0.5, 0.6) is 5.75 Å². The van der Waals surface area contributed by atoms with Crippen LogP contribution < -0.4 is 26.2 Å². The van der Waals surface area contributed by atoms with Crippen molar-refractivity contribution in [3.63, 3.8) is 0 Å². The lowest BCUT2D eigenvalue weighted by Gasteiger charge is -2.20. The fraction of sp³-hybridized carbons (Fsp3) is 0.150. The molecule has 8 heteroatoms. The number of aromatic nitrogens is 1. The topological polar surface area (TPSA) is 115 Å². The first-order chi connectivity index (χ1) is 23.5. The number of benzene rings is 5. The van der Waals surface area contributed by atoms with Gasteiger partial charge in [0.1, 0.15) is 12.4 Å². The number of amides is 2. The number of H-pyrrole nitrogens is 1. The first-order valence-corrected chi connectivity index (χ1v) is 16.0. The summed E-state index contributed by atoms with van der Waals surface area (Å²) in [5, 5.41) is 21.2. The van der Waals surface area contributed by atoms with Gasteiger partial charge < -0.3 is 30.8 Å². The Labute approximate surface area is 279 Å². The van der Waals surface area contributed by atoms with Crippen LogP contribution in [0.15, 0.2) is 144 Å². The lowest BCUT2D eigenvalue weighted by molar-refractivity contribution is 0.176. The van der Waals surface area contributed by atoms with Crippen LogP contribution in [0.1, 0.15) is 40.0 Å². The average molecular weight is 639 g/mol. The molecule has 242 valence electrons. The highest BCUT2D eigenvalue weighted by atomic mass is 16.5. The average Bonchev–Trinajstić information content (AvgIpc) is 3.13. The molecule has 0 aliphatic carbocycles. The van der Waals surface area contributed by atoms with Crippen molar-refractivity contribution in [2.45, 2.75) is 25.2 Å². The van der Waals surface area contributed by atoms with Gasteiger partial charge in [-0.15, -0.1) is 0 Å². The van der Waals surface area contributed by atoms with Crippen LogP contribution in [-0.4, -0.2) is 29.2 Å². The molecule has 8 nitrogen and oxygen atoms in total. The van der Waals surface area contributed by atoms with Crippen LogP contribution >= 0.6 is 0 Å². The Morgan fingerprint density at radius 1 is 0.729 bits per heavy atom. The third-order valence-corrected chi connectivity index (χ3v) is 8.17. The highest BCUT2D eigenvalue weighted by molar-refractivity contribution is 5.90. The van der Waals surface area contributed by atoms with Crippen LogP contribution in [0, 0.1) is 0 Å². The molecule has 6 aromatic rings. The summed E-state index contributed by atoms with van der Waals surface area (Å²) >= 11 is 0. The highest BCUT2D eigenvalue weighted by Gasteiger charge is 2.17. The number of aromatic amines is 1. The summed E-state index contributed by atoms with van der Waals surface area (Å²) in [6.45, 7) is 1.35. The Bertz CT molecular complexity index is 1940. The predicted octanol–water partition coefficient (Wildman–Crippen LogP) is 6.88. The number of ether oxygens (including phenoxy) is 1. The number of urea groups is 1. The van der Waals surface area contributed by atoms with Gasteiger partial charge in [0.25, 0.3) is 0 Å². The molecule has 0 spiro atoms. The lowest BCUT2D eigenvalue weighted by Crippen LogP contribution is -2.33. The third-order valence-electron chi connectivity index (χ3n) is 8.17. The van der Waals surface area contributed by atoms with Crippen molar-refractivity contribution >= 4 is 22.6 Å². The number of hydrogen-bond donors (Lipinski definition) is 5. The number of hydrogen-bond acceptors (Lipinski definition) is 5. The Balaban J connectivity index is 1.01. The highest BCUT2D eigenvalue weighted by Crippen LogP contribution is 2.30. The van der Waals surface area contributed by atoms with E-state index in [9.17, 15) is 14.7 Å². The van der Waals surface area contributed by atoms with E-state index in [1.807, 2.05) is 121 Å². The first-order valence-electron chi connectivity index (χ1n) is 16.0. The molecule has 5 N–H and O–H groups in total. The van der Waals surface area contributed by atoms with Gasteiger partial charge in [-0.2, -0.15) is 0 Å². The summed E-state index contributed by atoms with van der Waals surface area (Å²) in [6.07, 6.45) is -0.0499. The molecular formula is C40H38N4O4. The molecule has 0 bridgehead atoms. The van der Waals surface area contributed by atoms with Crippen molar-refractivity contribution in [1.29, 1.82) is 0 Å². The molecule has 0 saturated heterocycles. The summed E-state index contributed by atoms with van der Waals surface area (Å²) in [4.78, 5) is 28.0. The van der Waals surface area contributed by atoms with Crippen LogP contribution in [0.25, 0.3) is 10.9 Å². The molecule has 1 atom stereocenters. The number of fused-ring (bicyclic) bond motifs is 1. The smallest absolute Gasteiger partial charge is 0.319 e. The molecule has 2 amide bonds. The van der Waals surface area contributed by atoms with Gasteiger partial charge in [0.2, 0.25) is 5.56 Å². The lowest BCUT2D eigenvalue weighted by atomic mass is 9.99. The van der Waals surface area contributed by atoms with Crippen molar-refractivity contribution in [2.24, 2.45) is 0 Å². The van der Waals surface area contributed by atoms with E-state index in [0.717, 1.165) is 34.1 Å². The zero-order valence-corrected chi connectivity index (χ0v) is 26.4. The largest absolute Gasteiger partial charge is 0.487 e. The van der Waals surface area contributed by atoms with Crippen molar-refractivity contribution < 1.29 is 14.6 Å². The molecule has 0 fully saturated rings. The Hall–Kier alpha value is -5.70. The van der Waals surface area contributed by atoms with Crippen molar-refractivity contribution in [3.8, 4) is 5.75 Å². The maximum absolute atomic E-state index is 13.0. The van der Waals surface area contributed by atoms with E-state index in [0.29, 0.717) is 42.2 Å². The molecule has 0 saturated carbocycles. The van der Waals surface area contributed by atoms with Gasteiger partial charge >= 0.3 is 6.03 Å². The maximum atomic E-state index is 13.0. The van der Waals surface area contributed by atoms with Crippen LogP contribution in [0.3, 0.4) is 0 Å².